The van der Waals surface area contributed by atoms with Gasteiger partial charge in [0.25, 0.3) is 0 Å². The fraction of sp³-hybridized carbons (Fsp3) is 1.00. The SMILES string of the molecule is ClCCCl.O=S1(=O)CCCC1. The molecule has 0 bridgehead atoms. The fourth-order valence-corrected chi connectivity index (χ4v) is 2.24. The van der Waals surface area contributed by atoms with Crippen molar-refractivity contribution in [2.75, 3.05) is 23.3 Å². The molecule has 0 aliphatic carbocycles. The Hall–Kier alpha value is 0.530. The molecule has 0 N–H and O–H groups in total. The lowest BCUT2D eigenvalue weighted by Gasteiger charge is -1.81. The van der Waals surface area contributed by atoms with Crippen molar-refractivity contribution < 1.29 is 8.42 Å². The number of hydrogen-bond donors (Lipinski definition) is 0. The normalized spacial score (nSPS) is 20.5. The molecule has 1 aliphatic rings. The Balaban J connectivity index is 0.000000218. The van der Waals surface area contributed by atoms with Crippen LogP contribution in [-0.2, 0) is 9.84 Å². The number of rotatable bonds is 1. The van der Waals surface area contributed by atoms with E-state index in [2.05, 4.69) is 0 Å². The zero-order valence-corrected chi connectivity index (χ0v) is 8.55. The molecule has 11 heavy (non-hydrogen) atoms. The highest BCUT2D eigenvalue weighted by Crippen LogP contribution is 2.08. The van der Waals surface area contributed by atoms with Gasteiger partial charge in [0, 0.05) is 11.8 Å². The molecule has 68 valence electrons. The Morgan fingerprint density at radius 1 is 1.00 bits per heavy atom. The molecule has 0 atom stereocenters. The van der Waals surface area contributed by atoms with E-state index in [1.807, 2.05) is 0 Å². The Morgan fingerprint density at radius 2 is 1.36 bits per heavy atom. The van der Waals surface area contributed by atoms with Gasteiger partial charge in [-0.05, 0) is 12.8 Å². The van der Waals surface area contributed by atoms with Crippen LogP contribution in [0.1, 0.15) is 12.8 Å². The van der Waals surface area contributed by atoms with Crippen LogP contribution in [0.3, 0.4) is 0 Å². The van der Waals surface area contributed by atoms with E-state index in [9.17, 15) is 8.42 Å². The molecule has 1 fully saturated rings. The van der Waals surface area contributed by atoms with Crippen LogP contribution >= 0.6 is 23.2 Å². The molecule has 5 heteroatoms. The number of sulfone groups is 1. The predicted octanol–water partition coefficient (Wildman–Crippen LogP) is 1.66. The monoisotopic (exact) mass is 218 g/mol. The van der Waals surface area contributed by atoms with Crippen molar-refractivity contribution in [1.82, 2.24) is 0 Å². The van der Waals surface area contributed by atoms with Crippen molar-refractivity contribution in [3.8, 4) is 0 Å². The smallest absolute Gasteiger partial charge is 0.150 e. The molecule has 0 aromatic heterocycles. The maximum absolute atomic E-state index is 10.4. The van der Waals surface area contributed by atoms with Crippen molar-refractivity contribution in [1.29, 1.82) is 0 Å². The summed E-state index contributed by atoms with van der Waals surface area (Å²) in [6.45, 7) is 0. The summed E-state index contributed by atoms with van der Waals surface area (Å²) in [4.78, 5) is 0. The molecule has 0 aromatic rings. The van der Waals surface area contributed by atoms with Crippen LogP contribution in [0, 0.1) is 0 Å². The van der Waals surface area contributed by atoms with E-state index in [0.29, 0.717) is 23.3 Å². The van der Waals surface area contributed by atoms with E-state index < -0.39 is 9.84 Å². The first kappa shape index (κ1) is 11.5. The summed E-state index contributed by atoms with van der Waals surface area (Å²) in [5, 5.41) is 0. The van der Waals surface area contributed by atoms with Gasteiger partial charge < -0.3 is 0 Å². The van der Waals surface area contributed by atoms with Crippen LogP contribution in [0.15, 0.2) is 0 Å². The lowest BCUT2D eigenvalue weighted by atomic mass is 10.4. The lowest BCUT2D eigenvalue weighted by Crippen LogP contribution is -1.98. The zero-order valence-electron chi connectivity index (χ0n) is 6.22. The quantitative estimate of drug-likeness (QED) is 0.628. The molecule has 0 aromatic carbocycles. The van der Waals surface area contributed by atoms with Crippen molar-refractivity contribution in [2.45, 2.75) is 12.8 Å². The molecule has 1 saturated heterocycles. The third-order valence-corrected chi connectivity index (χ3v) is 3.62. The maximum Gasteiger partial charge on any atom is 0.150 e. The average molecular weight is 219 g/mol. The van der Waals surface area contributed by atoms with Gasteiger partial charge in [-0.2, -0.15) is 0 Å². The first-order chi connectivity index (χ1) is 5.12. The molecule has 0 unspecified atom stereocenters. The second-order valence-electron chi connectivity index (χ2n) is 2.24. The zero-order chi connectivity index (χ0) is 8.74. The molecule has 1 rings (SSSR count). The first-order valence-electron chi connectivity index (χ1n) is 3.45. The molecule has 2 nitrogen and oxygen atoms in total. The van der Waals surface area contributed by atoms with E-state index in [4.69, 9.17) is 23.2 Å². The topological polar surface area (TPSA) is 34.1 Å². The molecular formula is C6H12Cl2O2S. The molecule has 1 heterocycles. The van der Waals surface area contributed by atoms with Crippen LogP contribution in [0.2, 0.25) is 0 Å². The van der Waals surface area contributed by atoms with E-state index in [1.54, 1.807) is 0 Å². The predicted molar refractivity (Wildman–Crippen MR) is 49.3 cm³/mol. The summed E-state index contributed by atoms with van der Waals surface area (Å²) in [7, 11) is -2.55. The van der Waals surface area contributed by atoms with Crippen molar-refractivity contribution in [2.24, 2.45) is 0 Å². The summed E-state index contributed by atoms with van der Waals surface area (Å²) < 4.78 is 20.9. The van der Waals surface area contributed by atoms with Crippen LogP contribution in [-0.4, -0.2) is 31.7 Å². The van der Waals surface area contributed by atoms with Crippen LogP contribution in [0.5, 0.6) is 0 Å². The fourth-order valence-electron chi connectivity index (χ4n) is 0.746. The molecule has 0 saturated carbocycles. The van der Waals surface area contributed by atoms with Crippen molar-refractivity contribution in [3.63, 3.8) is 0 Å². The molecule has 1 aliphatic heterocycles. The van der Waals surface area contributed by atoms with Gasteiger partial charge in [0.05, 0.1) is 11.5 Å². The van der Waals surface area contributed by atoms with Gasteiger partial charge in [0.15, 0.2) is 0 Å². The van der Waals surface area contributed by atoms with E-state index >= 15 is 0 Å². The van der Waals surface area contributed by atoms with Gasteiger partial charge in [-0.3, -0.25) is 0 Å². The van der Waals surface area contributed by atoms with E-state index in [0.717, 1.165) is 12.8 Å². The van der Waals surface area contributed by atoms with Gasteiger partial charge in [-0.15, -0.1) is 23.2 Å². The van der Waals surface area contributed by atoms with Crippen LogP contribution in [0.25, 0.3) is 0 Å². The van der Waals surface area contributed by atoms with Crippen molar-refractivity contribution in [3.05, 3.63) is 0 Å². The molecule has 0 spiro atoms. The second kappa shape index (κ2) is 6.09. The van der Waals surface area contributed by atoms with Crippen LogP contribution < -0.4 is 0 Å². The van der Waals surface area contributed by atoms with Crippen molar-refractivity contribution >= 4 is 33.0 Å². The molecule has 0 amide bonds. The van der Waals surface area contributed by atoms with Crippen LogP contribution in [0.4, 0.5) is 0 Å². The third-order valence-electron chi connectivity index (χ3n) is 1.23. The lowest BCUT2D eigenvalue weighted by molar-refractivity contribution is 0.602. The van der Waals surface area contributed by atoms with Gasteiger partial charge in [-0.25, -0.2) is 8.42 Å². The standard InChI is InChI=1S/C4H8O2S.C2H4Cl2/c5-7(6)3-1-2-4-7;3-1-2-4/h1-4H2;1-2H2. The molecule has 0 radical (unpaired) electrons. The minimum absolute atomic E-state index is 0.424. The first-order valence-corrected chi connectivity index (χ1v) is 6.34. The average Bonchev–Trinajstić information content (AvgIpc) is 2.35. The summed E-state index contributed by atoms with van der Waals surface area (Å²) in [6.07, 6.45) is 1.75. The van der Waals surface area contributed by atoms with E-state index in [1.165, 1.54) is 0 Å². The largest absolute Gasteiger partial charge is 0.229 e. The maximum atomic E-state index is 10.4. The minimum Gasteiger partial charge on any atom is -0.229 e. The summed E-state index contributed by atoms with van der Waals surface area (Å²) in [6, 6.07) is 0. The Labute approximate surface area is 77.8 Å². The van der Waals surface area contributed by atoms with Gasteiger partial charge >= 0.3 is 0 Å². The van der Waals surface area contributed by atoms with Gasteiger partial charge in [-0.1, -0.05) is 0 Å². The number of hydrogen-bond acceptors (Lipinski definition) is 2. The number of halogens is 2. The Bertz CT molecular complexity index is 163. The second-order valence-corrected chi connectivity index (χ2v) is 5.30. The van der Waals surface area contributed by atoms with E-state index in [-0.39, 0.29) is 0 Å². The highest BCUT2D eigenvalue weighted by molar-refractivity contribution is 7.91. The summed E-state index contributed by atoms with van der Waals surface area (Å²) in [5.41, 5.74) is 0. The Morgan fingerprint density at radius 3 is 1.45 bits per heavy atom. The minimum atomic E-state index is -2.55. The summed E-state index contributed by atoms with van der Waals surface area (Å²) >= 11 is 10.1. The number of alkyl halides is 2. The van der Waals surface area contributed by atoms with Gasteiger partial charge in [0.1, 0.15) is 9.84 Å². The Kier molecular flexibility index (Phi) is 6.38. The highest BCUT2D eigenvalue weighted by Gasteiger charge is 2.16. The molecular weight excluding hydrogens is 207 g/mol. The third kappa shape index (κ3) is 6.91. The summed E-state index contributed by atoms with van der Waals surface area (Å²) in [5.74, 6) is 1.96. The highest BCUT2D eigenvalue weighted by atomic mass is 35.5. The van der Waals surface area contributed by atoms with Gasteiger partial charge in [0.2, 0.25) is 0 Å².